The van der Waals surface area contributed by atoms with Crippen LogP contribution in [0.3, 0.4) is 0 Å². The summed E-state index contributed by atoms with van der Waals surface area (Å²) >= 11 is 1.72. The first kappa shape index (κ1) is 13.7. The van der Waals surface area contributed by atoms with E-state index in [0.29, 0.717) is 0 Å². The van der Waals surface area contributed by atoms with E-state index in [0.717, 1.165) is 5.92 Å². The summed E-state index contributed by atoms with van der Waals surface area (Å²) < 4.78 is 0. The molecule has 1 rings (SSSR count). The summed E-state index contributed by atoms with van der Waals surface area (Å²) in [4.78, 5) is 4.41. The number of unbranched alkanes of at least 4 members (excludes halogenated alkanes) is 3. The Hall–Kier alpha value is -0.370. The SMILES string of the molecule is CCCCCC(CCCC)Cc1cscn1. The van der Waals surface area contributed by atoms with Gasteiger partial charge in [0.05, 0.1) is 11.2 Å². The molecular formula is C14H25NS. The zero-order valence-electron chi connectivity index (χ0n) is 10.7. The summed E-state index contributed by atoms with van der Waals surface area (Å²) in [5.74, 6) is 0.869. The molecule has 0 radical (unpaired) electrons. The summed E-state index contributed by atoms with van der Waals surface area (Å²) in [6, 6.07) is 0. The number of hydrogen-bond acceptors (Lipinski definition) is 2. The molecule has 1 nitrogen and oxygen atoms in total. The smallest absolute Gasteiger partial charge is 0.0794 e. The Morgan fingerprint density at radius 1 is 1.12 bits per heavy atom. The first-order chi connectivity index (χ1) is 7.86. The molecule has 0 aliphatic rings. The molecule has 1 atom stereocenters. The van der Waals surface area contributed by atoms with Crippen molar-refractivity contribution < 1.29 is 0 Å². The van der Waals surface area contributed by atoms with Gasteiger partial charge in [0.15, 0.2) is 0 Å². The Bertz CT molecular complexity index is 243. The second-order valence-corrected chi connectivity index (χ2v) is 5.41. The van der Waals surface area contributed by atoms with Gasteiger partial charge in [-0.3, -0.25) is 0 Å². The average Bonchev–Trinajstić information content (AvgIpc) is 2.78. The van der Waals surface area contributed by atoms with E-state index in [1.807, 2.05) is 5.51 Å². The molecule has 0 saturated heterocycles. The maximum Gasteiger partial charge on any atom is 0.0794 e. The fourth-order valence-corrected chi connectivity index (χ4v) is 2.73. The van der Waals surface area contributed by atoms with E-state index in [4.69, 9.17) is 0 Å². The maximum atomic E-state index is 4.41. The van der Waals surface area contributed by atoms with Crippen LogP contribution in [0.5, 0.6) is 0 Å². The summed E-state index contributed by atoms with van der Waals surface area (Å²) in [6.45, 7) is 4.56. The van der Waals surface area contributed by atoms with Crippen LogP contribution in [0, 0.1) is 5.92 Å². The molecule has 1 aromatic rings. The van der Waals surface area contributed by atoms with Crippen LogP contribution in [0.2, 0.25) is 0 Å². The van der Waals surface area contributed by atoms with Gasteiger partial charge in [-0.15, -0.1) is 11.3 Å². The Balaban J connectivity index is 2.31. The van der Waals surface area contributed by atoms with E-state index in [9.17, 15) is 0 Å². The number of nitrogens with zero attached hydrogens (tertiary/aromatic N) is 1. The van der Waals surface area contributed by atoms with Crippen LogP contribution < -0.4 is 0 Å². The highest BCUT2D eigenvalue weighted by molar-refractivity contribution is 7.07. The normalized spacial score (nSPS) is 12.9. The number of thiazole rings is 1. The van der Waals surface area contributed by atoms with Gasteiger partial charge in [-0.1, -0.05) is 58.8 Å². The first-order valence-corrected chi connectivity index (χ1v) is 7.68. The van der Waals surface area contributed by atoms with E-state index in [1.54, 1.807) is 11.3 Å². The monoisotopic (exact) mass is 239 g/mol. The van der Waals surface area contributed by atoms with Crippen LogP contribution in [0.15, 0.2) is 10.9 Å². The number of aromatic nitrogens is 1. The molecule has 0 saturated carbocycles. The lowest BCUT2D eigenvalue weighted by molar-refractivity contribution is 0.410. The van der Waals surface area contributed by atoms with Gasteiger partial charge in [0.25, 0.3) is 0 Å². The van der Waals surface area contributed by atoms with Crippen LogP contribution in [0.4, 0.5) is 0 Å². The third-order valence-corrected chi connectivity index (χ3v) is 3.80. The summed E-state index contributed by atoms with van der Waals surface area (Å²) in [6.07, 6.45) is 10.8. The highest BCUT2D eigenvalue weighted by Crippen LogP contribution is 2.21. The number of hydrogen-bond donors (Lipinski definition) is 0. The molecular weight excluding hydrogens is 214 g/mol. The minimum Gasteiger partial charge on any atom is -0.250 e. The highest BCUT2D eigenvalue weighted by Gasteiger charge is 2.10. The molecule has 0 spiro atoms. The van der Waals surface area contributed by atoms with E-state index in [-0.39, 0.29) is 0 Å². The molecule has 0 fully saturated rings. The van der Waals surface area contributed by atoms with E-state index >= 15 is 0 Å². The van der Waals surface area contributed by atoms with Crippen LogP contribution in [0.25, 0.3) is 0 Å². The summed E-state index contributed by atoms with van der Waals surface area (Å²) in [5.41, 5.74) is 3.26. The van der Waals surface area contributed by atoms with Gasteiger partial charge in [-0.2, -0.15) is 0 Å². The molecule has 0 aromatic carbocycles. The van der Waals surface area contributed by atoms with Crippen molar-refractivity contribution in [2.75, 3.05) is 0 Å². The minimum absolute atomic E-state index is 0.869. The van der Waals surface area contributed by atoms with Crippen molar-refractivity contribution in [3.8, 4) is 0 Å². The van der Waals surface area contributed by atoms with Crippen molar-refractivity contribution in [3.63, 3.8) is 0 Å². The fraction of sp³-hybridized carbons (Fsp3) is 0.786. The van der Waals surface area contributed by atoms with Crippen molar-refractivity contribution in [2.24, 2.45) is 5.92 Å². The third-order valence-electron chi connectivity index (χ3n) is 3.16. The molecule has 0 bridgehead atoms. The molecule has 0 aliphatic heterocycles. The second kappa shape index (κ2) is 8.74. The lowest BCUT2D eigenvalue weighted by Crippen LogP contribution is -2.05. The van der Waals surface area contributed by atoms with Gasteiger partial charge in [-0.25, -0.2) is 4.98 Å². The Labute approximate surface area is 104 Å². The van der Waals surface area contributed by atoms with Crippen LogP contribution >= 0.6 is 11.3 Å². The topological polar surface area (TPSA) is 12.9 Å². The molecule has 1 unspecified atom stereocenters. The fourth-order valence-electron chi connectivity index (χ4n) is 2.16. The highest BCUT2D eigenvalue weighted by atomic mass is 32.1. The predicted octanol–water partition coefficient (Wildman–Crippen LogP) is 5.07. The van der Waals surface area contributed by atoms with E-state index in [2.05, 4.69) is 24.2 Å². The molecule has 16 heavy (non-hydrogen) atoms. The minimum atomic E-state index is 0.869. The zero-order valence-corrected chi connectivity index (χ0v) is 11.6. The average molecular weight is 239 g/mol. The Morgan fingerprint density at radius 3 is 2.50 bits per heavy atom. The Morgan fingerprint density at radius 2 is 1.88 bits per heavy atom. The van der Waals surface area contributed by atoms with Crippen LogP contribution in [-0.4, -0.2) is 4.98 Å². The Kier molecular flexibility index (Phi) is 7.48. The molecule has 1 aromatic heterocycles. The van der Waals surface area contributed by atoms with Crippen LogP contribution in [0.1, 0.15) is 64.5 Å². The lowest BCUT2D eigenvalue weighted by atomic mass is 9.91. The van der Waals surface area contributed by atoms with Crippen molar-refractivity contribution in [1.82, 2.24) is 4.98 Å². The van der Waals surface area contributed by atoms with Crippen LogP contribution in [-0.2, 0) is 6.42 Å². The van der Waals surface area contributed by atoms with Gasteiger partial charge in [-0.05, 0) is 12.3 Å². The lowest BCUT2D eigenvalue weighted by Gasteiger charge is -2.15. The predicted molar refractivity (Wildman–Crippen MR) is 73.0 cm³/mol. The van der Waals surface area contributed by atoms with Gasteiger partial charge in [0.2, 0.25) is 0 Å². The van der Waals surface area contributed by atoms with Gasteiger partial charge in [0, 0.05) is 5.38 Å². The van der Waals surface area contributed by atoms with Gasteiger partial charge < -0.3 is 0 Å². The molecule has 92 valence electrons. The molecule has 0 aliphatic carbocycles. The van der Waals surface area contributed by atoms with E-state index in [1.165, 1.54) is 57.1 Å². The summed E-state index contributed by atoms with van der Waals surface area (Å²) in [5, 5.41) is 2.21. The van der Waals surface area contributed by atoms with Crippen molar-refractivity contribution in [2.45, 2.75) is 65.2 Å². The van der Waals surface area contributed by atoms with Gasteiger partial charge >= 0.3 is 0 Å². The molecule has 0 N–H and O–H groups in total. The van der Waals surface area contributed by atoms with Crippen molar-refractivity contribution in [1.29, 1.82) is 0 Å². The second-order valence-electron chi connectivity index (χ2n) is 4.69. The molecule has 0 amide bonds. The van der Waals surface area contributed by atoms with Crippen molar-refractivity contribution in [3.05, 3.63) is 16.6 Å². The van der Waals surface area contributed by atoms with Gasteiger partial charge in [0.1, 0.15) is 0 Å². The third kappa shape index (κ3) is 5.64. The summed E-state index contributed by atoms with van der Waals surface area (Å²) in [7, 11) is 0. The zero-order chi connectivity index (χ0) is 11.6. The molecule has 1 heterocycles. The van der Waals surface area contributed by atoms with E-state index < -0.39 is 0 Å². The quantitative estimate of drug-likeness (QED) is 0.548. The standard InChI is InChI=1S/C14H25NS/c1-3-5-7-9-13(8-6-4-2)10-14-11-16-12-15-14/h11-13H,3-10H2,1-2H3. The first-order valence-electron chi connectivity index (χ1n) is 6.73. The molecule has 2 heteroatoms. The largest absolute Gasteiger partial charge is 0.250 e. The van der Waals surface area contributed by atoms with Crippen molar-refractivity contribution >= 4 is 11.3 Å². The maximum absolute atomic E-state index is 4.41. The number of rotatable bonds is 9.